The van der Waals surface area contributed by atoms with Crippen LogP contribution in [0.25, 0.3) is 0 Å². The van der Waals surface area contributed by atoms with E-state index >= 15 is 0 Å². The molecule has 1 aliphatic heterocycles. The number of benzene rings is 1. The second-order valence-corrected chi connectivity index (χ2v) is 5.73. The Balaban J connectivity index is 1.90. The maximum Gasteiger partial charge on any atom is 0.302 e. The van der Waals surface area contributed by atoms with Crippen molar-refractivity contribution >= 4 is 5.97 Å². The van der Waals surface area contributed by atoms with Gasteiger partial charge in [-0.2, -0.15) is 0 Å². The smallest absolute Gasteiger partial charge is 0.302 e. The van der Waals surface area contributed by atoms with E-state index in [1.807, 2.05) is 6.07 Å². The molecule has 0 N–H and O–H groups in total. The number of esters is 1. The molecule has 3 nitrogen and oxygen atoms in total. The maximum atomic E-state index is 11.2. The fourth-order valence-electron chi connectivity index (χ4n) is 2.79. The van der Waals surface area contributed by atoms with Crippen LogP contribution in [0.3, 0.4) is 0 Å². The van der Waals surface area contributed by atoms with Crippen LogP contribution in [0.5, 0.6) is 0 Å². The van der Waals surface area contributed by atoms with E-state index in [0.29, 0.717) is 0 Å². The minimum Gasteiger partial charge on any atom is -0.462 e. The fourth-order valence-corrected chi connectivity index (χ4v) is 2.79. The Morgan fingerprint density at radius 3 is 2.65 bits per heavy atom. The second-order valence-electron chi connectivity index (χ2n) is 5.73. The summed E-state index contributed by atoms with van der Waals surface area (Å²) in [6, 6.07) is 10.4. The van der Waals surface area contributed by atoms with Crippen molar-refractivity contribution < 1.29 is 14.3 Å². The highest BCUT2D eigenvalue weighted by Gasteiger charge is 2.35. The quantitative estimate of drug-likeness (QED) is 0.791. The Hall–Kier alpha value is -1.35. The molecular formula is C17H24O3. The Bertz CT molecular complexity index is 429. The number of ether oxygens (including phenoxy) is 2. The lowest BCUT2D eigenvalue weighted by molar-refractivity contribution is -0.169. The molecule has 4 atom stereocenters. The van der Waals surface area contributed by atoms with Crippen LogP contribution in [0, 0.1) is 5.92 Å². The van der Waals surface area contributed by atoms with Crippen molar-refractivity contribution in [2.75, 3.05) is 0 Å². The van der Waals surface area contributed by atoms with Crippen LogP contribution in [0.2, 0.25) is 0 Å². The van der Waals surface area contributed by atoms with Gasteiger partial charge in [-0.25, -0.2) is 0 Å². The van der Waals surface area contributed by atoms with Gasteiger partial charge in [0.15, 0.2) is 0 Å². The predicted molar refractivity (Wildman–Crippen MR) is 78.4 cm³/mol. The number of hydrogen-bond donors (Lipinski definition) is 0. The molecule has 0 aliphatic carbocycles. The van der Waals surface area contributed by atoms with Gasteiger partial charge in [-0.3, -0.25) is 4.79 Å². The van der Waals surface area contributed by atoms with Gasteiger partial charge in [0.1, 0.15) is 6.10 Å². The first-order valence-corrected chi connectivity index (χ1v) is 7.43. The summed E-state index contributed by atoms with van der Waals surface area (Å²) in [5.74, 6) is 0.0598. The minimum atomic E-state index is -0.197. The van der Waals surface area contributed by atoms with E-state index < -0.39 is 0 Å². The summed E-state index contributed by atoms with van der Waals surface area (Å²) in [6.45, 7) is 5.63. The van der Waals surface area contributed by atoms with Crippen molar-refractivity contribution in [3.8, 4) is 0 Å². The van der Waals surface area contributed by atoms with Gasteiger partial charge in [-0.15, -0.1) is 0 Å². The first kappa shape index (κ1) is 15.0. The van der Waals surface area contributed by atoms with Gasteiger partial charge in [0, 0.05) is 19.3 Å². The monoisotopic (exact) mass is 276 g/mol. The van der Waals surface area contributed by atoms with Crippen molar-refractivity contribution in [2.24, 2.45) is 5.92 Å². The summed E-state index contributed by atoms with van der Waals surface area (Å²) in [6.07, 6.45) is 3.06. The zero-order chi connectivity index (χ0) is 14.5. The number of carbonyl (C=O) groups excluding carboxylic acids is 1. The normalized spacial score (nSPS) is 29.9. The van der Waals surface area contributed by atoms with Crippen molar-refractivity contribution in [2.45, 2.75) is 58.3 Å². The standard InChI is InChI=1S/C17H24O3/c1-12-13(2)19-16(11-17(12)20-14(3)18)10-9-15-7-5-4-6-8-15/h4-8,12-13,16-17H,9-11H2,1-3H3/t12-,13+,16-,17+/m0/s1. The lowest BCUT2D eigenvalue weighted by Crippen LogP contribution is -2.43. The fraction of sp³-hybridized carbons (Fsp3) is 0.588. The van der Waals surface area contributed by atoms with Crippen molar-refractivity contribution in [3.63, 3.8) is 0 Å². The van der Waals surface area contributed by atoms with E-state index in [2.05, 4.69) is 38.1 Å². The molecule has 1 fully saturated rings. The minimum absolute atomic E-state index is 0.0166. The number of carbonyl (C=O) groups is 1. The van der Waals surface area contributed by atoms with E-state index in [0.717, 1.165) is 19.3 Å². The highest BCUT2D eigenvalue weighted by atomic mass is 16.6. The lowest BCUT2D eigenvalue weighted by Gasteiger charge is -2.38. The van der Waals surface area contributed by atoms with E-state index in [4.69, 9.17) is 9.47 Å². The van der Waals surface area contributed by atoms with Crippen molar-refractivity contribution in [1.29, 1.82) is 0 Å². The topological polar surface area (TPSA) is 35.5 Å². The molecule has 1 aromatic carbocycles. The molecule has 2 rings (SSSR count). The molecule has 1 aromatic rings. The molecule has 3 heteroatoms. The molecule has 1 aliphatic rings. The SMILES string of the molecule is CC(=O)O[C@@H]1C[C@H](CCc2ccccc2)O[C@H](C)[C@@H]1C. The molecule has 1 saturated heterocycles. The van der Waals surface area contributed by atoms with Crippen LogP contribution in [-0.4, -0.2) is 24.3 Å². The third-order valence-corrected chi connectivity index (χ3v) is 4.14. The van der Waals surface area contributed by atoms with E-state index in [1.54, 1.807) is 0 Å². The Kier molecular flexibility index (Phi) is 5.18. The molecule has 1 heterocycles. The van der Waals surface area contributed by atoms with Gasteiger partial charge in [0.25, 0.3) is 0 Å². The number of aryl methyl sites for hydroxylation is 1. The molecule has 20 heavy (non-hydrogen) atoms. The summed E-state index contributed by atoms with van der Waals surface area (Å²) >= 11 is 0. The summed E-state index contributed by atoms with van der Waals surface area (Å²) in [5.41, 5.74) is 1.33. The van der Waals surface area contributed by atoms with Crippen LogP contribution >= 0.6 is 0 Å². The van der Waals surface area contributed by atoms with Crippen molar-refractivity contribution in [1.82, 2.24) is 0 Å². The van der Waals surface area contributed by atoms with E-state index in [1.165, 1.54) is 12.5 Å². The largest absolute Gasteiger partial charge is 0.462 e. The highest BCUT2D eigenvalue weighted by molar-refractivity contribution is 5.66. The summed E-state index contributed by atoms with van der Waals surface area (Å²) in [5, 5.41) is 0. The van der Waals surface area contributed by atoms with Crippen LogP contribution in [0.1, 0.15) is 39.2 Å². The zero-order valence-corrected chi connectivity index (χ0v) is 12.5. The average molecular weight is 276 g/mol. The molecule has 0 spiro atoms. The molecule has 0 amide bonds. The highest BCUT2D eigenvalue weighted by Crippen LogP contribution is 2.29. The molecule has 0 unspecified atom stereocenters. The summed E-state index contributed by atoms with van der Waals surface area (Å²) in [4.78, 5) is 11.2. The van der Waals surface area contributed by atoms with E-state index in [9.17, 15) is 4.79 Å². The average Bonchev–Trinajstić information content (AvgIpc) is 2.42. The van der Waals surface area contributed by atoms with Gasteiger partial charge >= 0.3 is 5.97 Å². The first-order chi connectivity index (χ1) is 9.56. The Labute approximate surface area is 121 Å². The van der Waals surface area contributed by atoms with Crippen molar-refractivity contribution in [3.05, 3.63) is 35.9 Å². The van der Waals surface area contributed by atoms with Crippen LogP contribution in [-0.2, 0) is 20.7 Å². The molecular weight excluding hydrogens is 252 g/mol. The Morgan fingerprint density at radius 2 is 2.00 bits per heavy atom. The van der Waals surface area contributed by atoms with Gasteiger partial charge in [0.05, 0.1) is 12.2 Å². The van der Waals surface area contributed by atoms with Gasteiger partial charge in [-0.05, 0) is 25.3 Å². The van der Waals surface area contributed by atoms with Crippen LogP contribution in [0.15, 0.2) is 30.3 Å². The third-order valence-electron chi connectivity index (χ3n) is 4.14. The predicted octanol–water partition coefficient (Wildman–Crippen LogP) is 3.36. The summed E-state index contributed by atoms with van der Waals surface area (Å²) in [7, 11) is 0. The zero-order valence-electron chi connectivity index (χ0n) is 12.5. The summed E-state index contributed by atoms with van der Waals surface area (Å²) < 4.78 is 11.5. The maximum absolute atomic E-state index is 11.2. The first-order valence-electron chi connectivity index (χ1n) is 7.43. The van der Waals surface area contributed by atoms with Gasteiger partial charge in [0.2, 0.25) is 0 Å². The molecule has 110 valence electrons. The number of rotatable bonds is 4. The molecule has 0 saturated carbocycles. The van der Waals surface area contributed by atoms with Crippen LogP contribution in [0.4, 0.5) is 0 Å². The van der Waals surface area contributed by atoms with Crippen LogP contribution < -0.4 is 0 Å². The van der Waals surface area contributed by atoms with Gasteiger partial charge < -0.3 is 9.47 Å². The molecule has 0 aromatic heterocycles. The Morgan fingerprint density at radius 1 is 1.30 bits per heavy atom. The molecule has 0 bridgehead atoms. The second kappa shape index (κ2) is 6.89. The third kappa shape index (κ3) is 4.07. The molecule has 0 radical (unpaired) electrons. The number of hydrogen-bond acceptors (Lipinski definition) is 3. The van der Waals surface area contributed by atoms with Gasteiger partial charge in [-0.1, -0.05) is 37.3 Å². The van der Waals surface area contributed by atoms with E-state index in [-0.39, 0.29) is 30.2 Å². The lowest BCUT2D eigenvalue weighted by atomic mass is 9.89.